The fourth-order valence-corrected chi connectivity index (χ4v) is 2.80. The van der Waals surface area contributed by atoms with Crippen molar-refractivity contribution in [3.8, 4) is 0 Å². The van der Waals surface area contributed by atoms with Crippen LogP contribution in [0.15, 0.2) is 71.5 Å². The highest BCUT2D eigenvalue weighted by atomic mass is 35.5. The van der Waals surface area contributed by atoms with Gasteiger partial charge in [-0.15, -0.1) is 11.6 Å². The third-order valence-electron chi connectivity index (χ3n) is 3.87. The zero-order chi connectivity index (χ0) is 16.8. The first-order valence-electron chi connectivity index (χ1n) is 7.80. The first-order valence-corrected chi connectivity index (χ1v) is 8.34. The van der Waals surface area contributed by atoms with Gasteiger partial charge in [0.15, 0.2) is 0 Å². The maximum atomic E-state index is 12.2. The van der Waals surface area contributed by atoms with Crippen molar-refractivity contribution in [3.05, 3.63) is 84.1 Å². The summed E-state index contributed by atoms with van der Waals surface area (Å²) in [5, 5.41) is 0. The van der Waals surface area contributed by atoms with E-state index in [2.05, 4.69) is 16.7 Å². The lowest BCUT2D eigenvalue weighted by Crippen LogP contribution is -2.31. The summed E-state index contributed by atoms with van der Waals surface area (Å²) in [6, 6.07) is 17.9. The van der Waals surface area contributed by atoms with Crippen molar-refractivity contribution in [1.82, 2.24) is 9.47 Å². The highest BCUT2D eigenvalue weighted by Gasteiger charge is 2.16. The van der Waals surface area contributed by atoms with Crippen LogP contribution in [0.3, 0.4) is 0 Å². The fraction of sp³-hybridized carbons (Fsp3) is 0.211. The smallest absolute Gasteiger partial charge is 0.238 e. The lowest BCUT2D eigenvalue weighted by atomic mass is 10.2. The van der Waals surface area contributed by atoms with Crippen LogP contribution in [-0.2, 0) is 24.4 Å². The van der Waals surface area contributed by atoms with E-state index < -0.39 is 0 Å². The van der Waals surface area contributed by atoms with Crippen LogP contribution in [0.25, 0.3) is 0 Å². The number of benzene rings is 1. The first kappa shape index (κ1) is 16.4. The Kier molecular flexibility index (Phi) is 5.39. The van der Waals surface area contributed by atoms with Gasteiger partial charge in [0, 0.05) is 18.4 Å². The molecule has 0 saturated carbocycles. The number of rotatable bonds is 7. The quantitative estimate of drug-likeness (QED) is 0.611. The van der Waals surface area contributed by atoms with Crippen molar-refractivity contribution >= 4 is 17.5 Å². The Labute approximate surface area is 146 Å². The van der Waals surface area contributed by atoms with Crippen molar-refractivity contribution in [2.24, 2.45) is 0 Å². The van der Waals surface area contributed by atoms with Crippen molar-refractivity contribution in [2.45, 2.75) is 19.6 Å². The fourth-order valence-electron chi connectivity index (χ4n) is 2.63. The van der Waals surface area contributed by atoms with E-state index in [-0.39, 0.29) is 11.8 Å². The second-order valence-corrected chi connectivity index (χ2v) is 5.84. The molecular formula is C19H19ClN2O2. The lowest BCUT2D eigenvalue weighted by Gasteiger charge is -2.22. The number of halogens is 1. The molecule has 0 saturated heterocycles. The van der Waals surface area contributed by atoms with E-state index in [0.717, 1.165) is 18.0 Å². The lowest BCUT2D eigenvalue weighted by molar-refractivity contribution is -0.130. The molecular weight excluding hydrogens is 324 g/mol. The molecule has 0 aliphatic rings. The number of hydrogen-bond donors (Lipinski definition) is 0. The molecule has 1 amide bonds. The molecule has 5 heteroatoms. The Morgan fingerprint density at radius 2 is 1.88 bits per heavy atom. The van der Waals surface area contributed by atoms with Crippen LogP contribution in [0.5, 0.6) is 0 Å². The Hall–Kier alpha value is -2.46. The number of amides is 1. The Balaban J connectivity index is 1.75. The SMILES string of the molecule is O=C(CCl)N(Cc1ccco1)Cc1cccn1Cc1ccccc1. The van der Waals surface area contributed by atoms with E-state index in [1.807, 2.05) is 48.7 Å². The molecule has 4 nitrogen and oxygen atoms in total. The van der Waals surface area contributed by atoms with Crippen LogP contribution in [0.4, 0.5) is 0 Å². The predicted octanol–water partition coefficient (Wildman–Crippen LogP) is 3.90. The zero-order valence-corrected chi connectivity index (χ0v) is 14.0. The van der Waals surface area contributed by atoms with Crippen LogP contribution >= 0.6 is 11.6 Å². The Bertz CT molecular complexity index is 766. The second-order valence-electron chi connectivity index (χ2n) is 5.58. The molecule has 3 rings (SSSR count). The molecule has 0 unspecified atom stereocenters. The summed E-state index contributed by atoms with van der Waals surface area (Å²) in [5.41, 5.74) is 2.28. The highest BCUT2D eigenvalue weighted by Crippen LogP contribution is 2.14. The summed E-state index contributed by atoms with van der Waals surface area (Å²) in [6.07, 6.45) is 3.63. The van der Waals surface area contributed by atoms with Crippen molar-refractivity contribution in [1.29, 1.82) is 0 Å². The maximum Gasteiger partial charge on any atom is 0.238 e. The zero-order valence-electron chi connectivity index (χ0n) is 13.3. The van der Waals surface area contributed by atoms with Gasteiger partial charge in [-0.2, -0.15) is 0 Å². The predicted molar refractivity (Wildman–Crippen MR) is 93.7 cm³/mol. The molecule has 0 aliphatic heterocycles. The molecule has 24 heavy (non-hydrogen) atoms. The van der Waals surface area contributed by atoms with Gasteiger partial charge in [0.05, 0.1) is 19.4 Å². The molecule has 0 atom stereocenters. The largest absolute Gasteiger partial charge is 0.467 e. The van der Waals surface area contributed by atoms with E-state index >= 15 is 0 Å². The molecule has 0 N–H and O–H groups in total. The van der Waals surface area contributed by atoms with E-state index in [1.54, 1.807) is 11.2 Å². The van der Waals surface area contributed by atoms with Crippen LogP contribution in [0.2, 0.25) is 0 Å². The topological polar surface area (TPSA) is 38.4 Å². The van der Waals surface area contributed by atoms with Crippen LogP contribution in [-0.4, -0.2) is 21.3 Å². The minimum absolute atomic E-state index is 0.0416. The summed E-state index contributed by atoms with van der Waals surface area (Å²) >= 11 is 5.77. The number of furan rings is 1. The monoisotopic (exact) mass is 342 g/mol. The molecule has 0 radical (unpaired) electrons. The maximum absolute atomic E-state index is 12.2. The van der Waals surface area contributed by atoms with Gasteiger partial charge in [-0.25, -0.2) is 0 Å². The van der Waals surface area contributed by atoms with Crippen molar-refractivity contribution < 1.29 is 9.21 Å². The molecule has 1 aromatic carbocycles. The number of carbonyl (C=O) groups is 1. The summed E-state index contributed by atoms with van der Waals surface area (Å²) in [7, 11) is 0. The summed E-state index contributed by atoms with van der Waals surface area (Å²) in [5.74, 6) is 0.593. The summed E-state index contributed by atoms with van der Waals surface area (Å²) in [6.45, 7) is 1.67. The standard InChI is InChI=1S/C19H19ClN2O2/c20-12-19(23)22(15-18-9-5-11-24-18)14-17-8-4-10-21(17)13-16-6-2-1-3-7-16/h1-11H,12-15H2. The third-order valence-corrected chi connectivity index (χ3v) is 4.09. The third kappa shape index (κ3) is 4.09. The van der Waals surface area contributed by atoms with E-state index in [1.165, 1.54) is 5.56 Å². The normalized spacial score (nSPS) is 10.7. The number of carbonyl (C=O) groups excluding carboxylic acids is 1. The van der Waals surface area contributed by atoms with E-state index in [4.69, 9.17) is 16.0 Å². The number of hydrogen-bond acceptors (Lipinski definition) is 2. The van der Waals surface area contributed by atoms with Gasteiger partial charge in [0.2, 0.25) is 5.91 Å². The molecule has 0 fully saturated rings. The summed E-state index contributed by atoms with van der Waals surface area (Å²) in [4.78, 5) is 13.9. The average Bonchev–Trinajstić information content (AvgIpc) is 3.27. The van der Waals surface area contributed by atoms with E-state index in [9.17, 15) is 4.79 Å². The minimum atomic E-state index is -0.111. The molecule has 0 bridgehead atoms. The van der Waals surface area contributed by atoms with Gasteiger partial charge in [-0.1, -0.05) is 30.3 Å². The van der Waals surface area contributed by atoms with Crippen LogP contribution < -0.4 is 0 Å². The number of aromatic nitrogens is 1. The molecule has 2 aromatic heterocycles. The van der Waals surface area contributed by atoms with E-state index in [0.29, 0.717) is 13.1 Å². The highest BCUT2D eigenvalue weighted by molar-refractivity contribution is 6.27. The second kappa shape index (κ2) is 7.88. The van der Waals surface area contributed by atoms with Crippen LogP contribution in [0.1, 0.15) is 17.0 Å². The van der Waals surface area contributed by atoms with Crippen LogP contribution in [0, 0.1) is 0 Å². The van der Waals surface area contributed by atoms with Gasteiger partial charge in [0.25, 0.3) is 0 Å². The molecule has 0 spiro atoms. The van der Waals surface area contributed by atoms with Gasteiger partial charge < -0.3 is 13.9 Å². The van der Waals surface area contributed by atoms with Gasteiger partial charge >= 0.3 is 0 Å². The molecule has 124 valence electrons. The summed E-state index contributed by atoms with van der Waals surface area (Å²) < 4.78 is 7.50. The molecule has 0 aliphatic carbocycles. The van der Waals surface area contributed by atoms with Gasteiger partial charge in [-0.05, 0) is 29.8 Å². The number of nitrogens with zero attached hydrogens (tertiary/aromatic N) is 2. The first-order chi connectivity index (χ1) is 11.8. The number of alkyl halides is 1. The van der Waals surface area contributed by atoms with Crippen molar-refractivity contribution in [2.75, 3.05) is 5.88 Å². The molecule has 3 aromatic rings. The van der Waals surface area contributed by atoms with Gasteiger partial charge in [0.1, 0.15) is 11.6 Å². The Morgan fingerprint density at radius 3 is 2.58 bits per heavy atom. The average molecular weight is 343 g/mol. The minimum Gasteiger partial charge on any atom is -0.467 e. The molecule has 2 heterocycles. The van der Waals surface area contributed by atoms with Crippen molar-refractivity contribution in [3.63, 3.8) is 0 Å². The Morgan fingerprint density at radius 1 is 1.04 bits per heavy atom. The van der Waals surface area contributed by atoms with Gasteiger partial charge in [-0.3, -0.25) is 4.79 Å².